The fraction of sp³-hybridized carbons (Fsp3) is 0.435. The molecule has 0 N–H and O–H groups in total. The summed E-state index contributed by atoms with van der Waals surface area (Å²) in [6.45, 7) is 6.58. The van der Waals surface area contributed by atoms with Gasteiger partial charge in [-0.3, -0.25) is 4.79 Å². The quantitative estimate of drug-likeness (QED) is 0.775. The van der Waals surface area contributed by atoms with E-state index in [2.05, 4.69) is 26.0 Å². The normalized spacial score (nSPS) is 22.9. The molecule has 29 heavy (non-hydrogen) atoms. The lowest BCUT2D eigenvalue weighted by molar-refractivity contribution is 0.0734. The van der Waals surface area contributed by atoms with Gasteiger partial charge in [0.1, 0.15) is 0 Å². The van der Waals surface area contributed by atoms with Crippen LogP contribution in [0.2, 0.25) is 0 Å². The van der Waals surface area contributed by atoms with E-state index in [4.69, 9.17) is 0 Å². The SMILES string of the molecule is C[C@@H]1C[C@H](C)CN(S(=O)(=O)c2ccc(C(=O)N3CCc4ccccc4C3)cc2)C1. The molecule has 2 atom stereocenters. The minimum absolute atomic E-state index is 0.0522. The number of benzene rings is 2. The van der Waals surface area contributed by atoms with Gasteiger partial charge in [-0.1, -0.05) is 38.1 Å². The maximum Gasteiger partial charge on any atom is 0.254 e. The Balaban J connectivity index is 1.50. The van der Waals surface area contributed by atoms with Crippen LogP contribution in [0.3, 0.4) is 0 Å². The van der Waals surface area contributed by atoms with Crippen molar-refractivity contribution >= 4 is 15.9 Å². The van der Waals surface area contributed by atoms with E-state index >= 15 is 0 Å². The molecule has 0 unspecified atom stereocenters. The average Bonchev–Trinajstić information content (AvgIpc) is 2.72. The summed E-state index contributed by atoms with van der Waals surface area (Å²) in [7, 11) is -3.53. The van der Waals surface area contributed by atoms with Crippen LogP contribution in [-0.4, -0.2) is 43.2 Å². The number of rotatable bonds is 3. The van der Waals surface area contributed by atoms with Gasteiger partial charge < -0.3 is 4.90 Å². The zero-order chi connectivity index (χ0) is 20.6. The van der Waals surface area contributed by atoms with Crippen molar-refractivity contribution in [1.29, 1.82) is 0 Å². The number of amides is 1. The minimum atomic E-state index is -3.53. The molecule has 0 radical (unpaired) electrons. The molecule has 0 aliphatic carbocycles. The lowest BCUT2D eigenvalue weighted by Crippen LogP contribution is -2.42. The van der Waals surface area contributed by atoms with Crippen molar-refractivity contribution in [3.8, 4) is 0 Å². The molecule has 0 bridgehead atoms. The monoisotopic (exact) mass is 412 g/mol. The second-order valence-electron chi connectivity index (χ2n) is 8.54. The first-order valence-corrected chi connectivity index (χ1v) is 11.7. The molecule has 0 aromatic heterocycles. The Hall–Kier alpha value is -2.18. The number of fused-ring (bicyclic) bond motifs is 1. The number of sulfonamides is 1. The first-order chi connectivity index (χ1) is 13.8. The van der Waals surface area contributed by atoms with Gasteiger partial charge in [-0.2, -0.15) is 4.31 Å². The average molecular weight is 413 g/mol. The Morgan fingerprint density at radius 3 is 2.21 bits per heavy atom. The van der Waals surface area contributed by atoms with Crippen LogP contribution in [0.4, 0.5) is 0 Å². The summed E-state index contributed by atoms with van der Waals surface area (Å²) in [5.41, 5.74) is 3.01. The predicted molar refractivity (Wildman–Crippen MR) is 113 cm³/mol. The number of carbonyl (C=O) groups excluding carboxylic acids is 1. The highest BCUT2D eigenvalue weighted by Gasteiger charge is 2.32. The van der Waals surface area contributed by atoms with E-state index in [1.807, 2.05) is 17.0 Å². The van der Waals surface area contributed by atoms with Gasteiger partial charge in [0.25, 0.3) is 5.91 Å². The second kappa shape index (κ2) is 7.92. The van der Waals surface area contributed by atoms with Crippen LogP contribution in [-0.2, 0) is 23.0 Å². The van der Waals surface area contributed by atoms with Gasteiger partial charge in [-0.05, 0) is 60.1 Å². The van der Waals surface area contributed by atoms with E-state index in [1.54, 1.807) is 28.6 Å². The first-order valence-electron chi connectivity index (χ1n) is 10.3. The zero-order valence-corrected chi connectivity index (χ0v) is 17.9. The van der Waals surface area contributed by atoms with E-state index in [9.17, 15) is 13.2 Å². The Morgan fingerprint density at radius 1 is 0.931 bits per heavy atom. The molecule has 2 aromatic carbocycles. The van der Waals surface area contributed by atoms with Crippen LogP contribution >= 0.6 is 0 Å². The summed E-state index contributed by atoms with van der Waals surface area (Å²) in [5, 5.41) is 0. The van der Waals surface area contributed by atoms with E-state index < -0.39 is 10.0 Å². The van der Waals surface area contributed by atoms with Crippen molar-refractivity contribution in [2.24, 2.45) is 11.8 Å². The van der Waals surface area contributed by atoms with E-state index in [1.165, 1.54) is 11.1 Å². The molecule has 154 valence electrons. The van der Waals surface area contributed by atoms with Crippen LogP contribution in [0.25, 0.3) is 0 Å². The molecule has 2 heterocycles. The smallest absolute Gasteiger partial charge is 0.254 e. The number of hydrogen-bond acceptors (Lipinski definition) is 3. The third-order valence-electron chi connectivity index (χ3n) is 5.99. The summed E-state index contributed by atoms with van der Waals surface area (Å²) in [6.07, 6.45) is 1.90. The molecule has 6 heteroatoms. The van der Waals surface area contributed by atoms with Crippen LogP contribution in [0.15, 0.2) is 53.4 Å². The lowest BCUT2D eigenvalue weighted by atomic mass is 9.94. The van der Waals surface area contributed by atoms with Crippen molar-refractivity contribution in [1.82, 2.24) is 9.21 Å². The molecule has 2 aliphatic rings. The van der Waals surface area contributed by atoms with Crippen molar-refractivity contribution < 1.29 is 13.2 Å². The van der Waals surface area contributed by atoms with Crippen LogP contribution in [0, 0.1) is 11.8 Å². The molecule has 2 aliphatic heterocycles. The minimum Gasteiger partial charge on any atom is -0.334 e. The van der Waals surface area contributed by atoms with Crippen LogP contribution in [0.1, 0.15) is 41.8 Å². The molecule has 1 fully saturated rings. The molecule has 0 saturated carbocycles. The number of nitrogens with zero attached hydrogens (tertiary/aromatic N) is 2. The van der Waals surface area contributed by atoms with Gasteiger partial charge in [-0.15, -0.1) is 0 Å². The third-order valence-corrected chi connectivity index (χ3v) is 7.84. The highest BCUT2D eigenvalue weighted by molar-refractivity contribution is 7.89. The van der Waals surface area contributed by atoms with E-state index in [-0.39, 0.29) is 10.8 Å². The van der Waals surface area contributed by atoms with Crippen LogP contribution < -0.4 is 0 Å². The highest BCUT2D eigenvalue weighted by atomic mass is 32.2. The number of hydrogen-bond donors (Lipinski definition) is 0. The van der Waals surface area contributed by atoms with Gasteiger partial charge in [0.05, 0.1) is 4.90 Å². The predicted octanol–water partition coefficient (Wildman–Crippen LogP) is 3.55. The number of carbonyl (C=O) groups is 1. The largest absolute Gasteiger partial charge is 0.334 e. The molecule has 0 spiro atoms. The number of piperidine rings is 1. The topological polar surface area (TPSA) is 57.7 Å². The van der Waals surface area contributed by atoms with Crippen molar-refractivity contribution in [2.45, 2.75) is 38.1 Å². The lowest BCUT2D eigenvalue weighted by Gasteiger charge is -2.34. The van der Waals surface area contributed by atoms with Gasteiger partial charge in [0, 0.05) is 31.7 Å². The fourth-order valence-corrected chi connectivity index (χ4v) is 6.25. The first kappa shape index (κ1) is 20.1. The summed E-state index contributed by atoms with van der Waals surface area (Å²) in [5.74, 6) is 0.663. The van der Waals surface area contributed by atoms with Gasteiger partial charge in [0.2, 0.25) is 10.0 Å². The van der Waals surface area contributed by atoms with E-state index in [0.717, 1.165) is 12.8 Å². The molecular weight excluding hydrogens is 384 g/mol. The molecule has 4 rings (SSSR count). The van der Waals surface area contributed by atoms with Gasteiger partial charge in [0.15, 0.2) is 0 Å². The standard InChI is InChI=1S/C23H28N2O3S/c1-17-13-18(2)15-25(14-17)29(27,28)22-9-7-20(8-10-22)23(26)24-12-11-19-5-3-4-6-21(19)16-24/h3-10,17-18H,11-16H2,1-2H3/t17-,18+. The summed E-state index contributed by atoms with van der Waals surface area (Å²) >= 11 is 0. The van der Waals surface area contributed by atoms with E-state index in [0.29, 0.717) is 43.6 Å². The second-order valence-corrected chi connectivity index (χ2v) is 10.5. The fourth-order valence-electron chi connectivity index (χ4n) is 4.57. The van der Waals surface area contributed by atoms with Crippen LogP contribution in [0.5, 0.6) is 0 Å². The highest BCUT2D eigenvalue weighted by Crippen LogP contribution is 2.27. The molecule has 1 saturated heterocycles. The Morgan fingerprint density at radius 2 is 1.55 bits per heavy atom. The zero-order valence-electron chi connectivity index (χ0n) is 17.0. The molecule has 5 nitrogen and oxygen atoms in total. The molecule has 1 amide bonds. The van der Waals surface area contributed by atoms with Gasteiger partial charge >= 0.3 is 0 Å². The van der Waals surface area contributed by atoms with Crippen molar-refractivity contribution in [3.63, 3.8) is 0 Å². The Kier molecular flexibility index (Phi) is 5.49. The Labute approximate surface area is 173 Å². The maximum absolute atomic E-state index is 13.0. The van der Waals surface area contributed by atoms with Gasteiger partial charge in [-0.25, -0.2) is 8.42 Å². The van der Waals surface area contributed by atoms with Crippen molar-refractivity contribution in [3.05, 3.63) is 65.2 Å². The molecule has 2 aromatic rings. The maximum atomic E-state index is 13.0. The third kappa shape index (κ3) is 4.09. The van der Waals surface area contributed by atoms with Crippen molar-refractivity contribution in [2.75, 3.05) is 19.6 Å². The summed E-state index contributed by atoms with van der Waals surface area (Å²) in [6, 6.07) is 14.6. The Bertz CT molecular complexity index is 991. The summed E-state index contributed by atoms with van der Waals surface area (Å²) < 4.78 is 27.6. The molecular formula is C23H28N2O3S. The summed E-state index contributed by atoms with van der Waals surface area (Å²) in [4.78, 5) is 15.0.